The lowest BCUT2D eigenvalue weighted by Crippen LogP contribution is -2.01. The van der Waals surface area contributed by atoms with Crippen molar-refractivity contribution in [3.05, 3.63) is 66.0 Å². The minimum Gasteiger partial charge on any atom is -0.497 e. The van der Waals surface area contributed by atoms with Crippen molar-refractivity contribution in [3.63, 3.8) is 0 Å². The minimum absolute atomic E-state index is 0.0614. The highest BCUT2D eigenvalue weighted by Gasteiger charge is 2.17. The highest BCUT2D eigenvalue weighted by Crippen LogP contribution is 2.34. The van der Waals surface area contributed by atoms with Crippen LogP contribution in [0.5, 0.6) is 17.2 Å². The summed E-state index contributed by atoms with van der Waals surface area (Å²) in [5, 5.41) is 0. The first kappa shape index (κ1) is 16.6. The summed E-state index contributed by atoms with van der Waals surface area (Å²) in [4.78, 5) is 15.9. The molecule has 0 aliphatic heterocycles. The van der Waals surface area contributed by atoms with Gasteiger partial charge in [-0.25, -0.2) is 0 Å². The molecule has 0 spiro atoms. The number of rotatable bonds is 6. The molecule has 0 fully saturated rings. The van der Waals surface area contributed by atoms with Crippen molar-refractivity contribution in [2.75, 3.05) is 21.3 Å². The Morgan fingerprint density at radius 1 is 0.840 bits per heavy atom. The lowest BCUT2D eigenvalue weighted by molar-refractivity contribution is 0.103. The Labute approximate surface area is 146 Å². The van der Waals surface area contributed by atoms with Gasteiger partial charge in [-0.05, 0) is 42.0 Å². The molecule has 5 heteroatoms. The fraction of sp³-hybridized carbons (Fsp3) is 0.150. The fourth-order valence-corrected chi connectivity index (χ4v) is 2.69. The summed E-state index contributed by atoms with van der Waals surface area (Å²) in [5.41, 5.74) is 2.87. The maximum atomic E-state index is 12.9. The van der Waals surface area contributed by atoms with Gasteiger partial charge in [0.2, 0.25) is 0 Å². The van der Waals surface area contributed by atoms with Crippen molar-refractivity contribution < 1.29 is 19.0 Å². The van der Waals surface area contributed by atoms with Crippen molar-refractivity contribution in [3.8, 4) is 28.4 Å². The number of carbonyl (C=O) groups is 1. The Balaban J connectivity index is 1.98. The standard InChI is InChI=1S/C20H19NO4/c1-23-15-7-4-13(5-8-15)20(22)17-12-21-11-16(17)14-6-9-18(24-2)19(10-14)25-3/h4-12,21H,1-3H3. The minimum atomic E-state index is -0.0614. The van der Waals surface area contributed by atoms with E-state index < -0.39 is 0 Å². The Morgan fingerprint density at radius 3 is 2.20 bits per heavy atom. The number of ketones is 1. The van der Waals surface area contributed by atoms with Crippen LogP contribution in [-0.4, -0.2) is 32.1 Å². The number of aromatic amines is 1. The van der Waals surface area contributed by atoms with E-state index in [-0.39, 0.29) is 5.78 Å². The zero-order valence-corrected chi connectivity index (χ0v) is 14.3. The third kappa shape index (κ3) is 3.21. The smallest absolute Gasteiger partial charge is 0.195 e. The molecule has 0 aliphatic carbocycles. The second-order valence-electron chi connectivity index (χ2n) is 5.41. The number of ether oxygens (including phenoxy) is 3. The van der Waals surface area contributed by atoms with Crippen LogP contribution in [0.2, 0.25) is 0 Å². The van der Waals surface area contributed by atoms with Crippen molar-refractivity contribution in [2.45, 2.75) is 0 Å². The number of nitrogens with one attached hydrogen (secondary N) is 1. The van der Waals surface area contributed by atoms with E-state index in [4.69, 9.17) is 14.2 Å². The van der Waals surface area contributed by atoms with E-state index in [0.29, 0.717) is 28.4 Å². The summed E-state index contributed by atoms with van der Waals surface area (Å²) >= 11 is 0. The number of H-pyrrole nitrogens is 1. The summed E-state index contributed by atoms with van der Waals surface area (Å²) < 4.78 is 15.8. The first-order valence-electron chi connectivity index (χ1n) is 7.76. The summed E-state index contributed by atoms with van der Waals surface area (Å²) in [6.45, 7) is 0. The van der Waals surface area contributed by atoms with E-state index in [1.165, 1.54) is 0 Å². The normalized spacial score (nSPS) is 10.4. The van der Waals surface area contributed by atoms with Crippen LogP contribution in [0.25, 0.3) is 11.1 Å². The summed E-state index contributed by atoms with van der Waals surface area (Å²) in [6.07, 6.45) is 3.51. The molecule has 5 nitrogen and oxygen atoms in total. The first-order valence-corrected chi connectivity index (χ1v) is 7.76. The molecule has 25 heavy (non-hydrogen) atoms. The Morgan fingerprint density at radius 2 is 1.56 bits per heavy atom. The highest BCUT2D eigenvalue weighted by molar-refractivity contribution is 6.12. The van der Waals surface area contributed by atoms with Crippen molar-refractivity contribution >= 4 is 5.78 Å². The van der Waals surface area contributed by atoms with Gasteiger partial charge >= 0.3 is 0 Å². The molecule has 0 atom stereocenters. The molecule has 1 heterocycles. The number of hydrogen-bond acceptors (Lipinski definition) is 4. The van der Waals surface area contributed by atoms with Crippen molar-refractivity contribution in [2.24, 2.45) is 0 Å². The van der Waals surface area contributed by atoms with Crippen LogP contribution in [0, 0.1) is 0 Å². The quantitative estimate of drug-likeness (QED) is 0.692. The van der Waals surface area contributed by atoms with Crippen LogP contribution in [0.15, 0.2) is 54.9 Å². The largest absolute Gasteiger partial charge is 0.497 e. The molecule has 0 unspecified atom stereocenters. The molecule has 0 saturated carbocycles. The van der Waals surface area contributed by atoms with Crippen molar-refractivity contribution in [1.82, 2.24) is 4.98 Å². The van der Waals surface area contributed by atoms with Gasteiger partial charge in [0.1, 0.15) is 5.75 Å². The number of methoxy groups -OCH3 is 3. The Hall–Kier alpha value is -3.21. The summed E-state index contributed by atoms with van der Waals surface area (Å²) in [5.74, 6) is 1.91. The van der Waals surface area contributed by atoms with E-state index in [1.54, 1.807) is 58.0 Å². The molecule has 0 saturated heterocycles. The maximum absolute atomic E-state index is 12.9. The molecular weight excluding hydrogens is 318 g/mol. The van der Waals surface area contributed by atoms with Gasteiger partial charge in [-0.2, -0.15) is 0 Å². The lowest BCUT2D eigenvalue weighted by atomic mass is 9.98. The third-order valence-corrected chi connectivity index (χ3v) is 4.04. The number of hydrogen-bond donors (Lipinski definition) is 1. The summed E-state index contributed by atoms with van der Waals surface area (Å²) in [7, 11) is 4.77. The van der Waals surface area contributed by atoms with Gasteiger partial charge in [0, 0.05) is 29.1 Å². The molecule has 1 N–H and O–H groups in total. The molecule has 128 valence electrons. The van der Waals surface area contributed by atoms with Gasteiger partial charge in [0.15, 0.2) is 17.3 Å². The lowest BCUT2D eigenvalue weighted by Gasteiger charge is -2.10. The number of benzene rings is 2. The molecule has 0 amide bonds. The Kier molecular flexibility index (Phi) is 4.75. The second kappa shape index (κ2) is 7.13. The molecular formula is C20H19NO4. The monoisotopic (exact) mass is 337 g/mol. The number of carbonyl (C=O) groups excluding carboxylic acids is 1. The van der Waals surface area contributed by atoms with E-state index in [1.807, 2.05) is 18.2 Å². The molecule has 0 bridgehead atoms. The zero-order chi connectivity index (χ0) is 17.8. The molecule has 3 aromatic rings. The molecule has 0 radical (unpaired) electrons. The van der Waals surface area contributed by atoms with Gasteiger partial charge < -0.3 is 19.2 Å². The SMILES string of the molecule is COc1ccc(C(=O)c2c[nH]cc2-c2ccc(OC)c(OC)c2)cc1. The van der Waals surface area contributed by atoms with E-state index in [0.717, 1.165) is 11.1 Å². The van der Waals surface area contributed by atoms with Gasteiger partial charge in [0.05, 0.1) is 21.3 Å². The first-order chi connectivity index (χ1) is 12.2. The van der Waals surface area contributed by atoms with Crippen LogP contribution in [-0.2, 0) is 0 Å². The van der Waals surface area contributed by atoms with E-state index in [9.17, 15) is 4.79 Å². The number of aromatic nitrogens is 1. The van der Waals surface area contributed by atoms with Crippen LogP contribution in [0.4, 0.5) is 0 Å². The zero-order valence-electron chi connectivity index (χ0n) is 14.3. The Bertz CT molecular complexity index is 881. The topological polar surface area (TPSA) is 60.6 Å². The maximum Gasteiger partial charge on any atom is 0.195 e. The predicted octanol–water partition coefficient (Wildman–Crippen LogP) is 3.94. The van der Waals surface area contributed by atoms with Crippen LogP contribution < -0.4 is 14.2 Å². The fourth-order valence-electron chi connectivity index (χ4n) is 2.69. The van der Waals surface area contributed by atoms with E-state index in [2.05, 4.69) is 4.98 Å². The van der Waals surface area contributed by atoms with Crippen LogP contribution in [0.3, 0.4) is 0 Å². The summed E-state index contributed by atoms with van der Waals surface area (Å²) in [6, 6.07) is 12.6. The van der Waals surface area contributed by atoms with E-state index >= 15 is 0 Å². The van der Waals surface area contributed by atoms with Crippen LogP contribution >= 0.6 is 0 Å². The third-order valence-electron chi connectivity index (χ3n) is 4.04. The van der Waals surface area contributed by atoms with Crippen LogP contribution in [0.1, 0.15) is 15.9 Å². The van der Waals surface area contributed by atoms with Gasteiger partial charge in [-0.1, -0.05) is 6.07 Å². The molecule has 1 aromatic heterocycles. The average Bonchev–Trinajstić information content (AvgIpc) is 3.16. The van der Waals surface area contributed by atoms with Crippen molar-refractivity contribution in [1.29, 1.82) is 0 Å². The molecule has 3 rings (SSSR count). The average molecular weight is 337 g/mol. The second-order valence-corrected chi connectivity index (χ2v) is 5.41. The molecule has 2 aromatic carbocycles. The predicted molar refractivity (Wildman–Crippen MR) is 95.8 cm³/mol. The molecule has 0 aliphatic rings. The highest BCUT2D eigenvalue weighted by atomic mass is 16.5. The van der Waals surface area contributed by atoms with Gasteiger partial charge in [-0.15, -0.1) is 0 Å². The van der Waals surface area contributed by atoms with Gasteiger partial charge in [-0.3, -0.25) is 4.79 Å². The van der Waals surface area contributed by atoms with Gasteiger partial charge in [0.25, 0.3) is 0 Å².